The predicted molar refractivity (Wildman–Crippen MR) is 235 cm³/mol. The molecule has 0 fully saturated rings. The Bertz CT molecular complexity index is 1230. The van der Waals surface area contributed by atoms with Crippen LogP contribution in [0.4, 0.5) is 0 Å². The van der Waals surface area contributed by atoms with Crippen molar-refractivity contribution < 1.29 is 18.9 Å². The van der Waals surface area contributed by atoms with Crippen molar-refractivity contribution >= 4 is 12.2 Å². The molecule has 0 radical (unpaired) electrons. The third kappa shape index (κ3) is 20.4. The van der Waals surface area contributed by atoms with Gasteiger partial charge < -0.3 is 18.9 Å². The first-order valence-electron chi connectivity index (χ1n) is 22.3. The van der Waals surface area contributed by atoms with Gasteiger partial charge >= 0.3 is 0 Å². The van der Waals surface area contributed by atoms with E-state index >= 15 is 0 Å². The van der Waals surface area contributed by atoms with E-state index in [1.807, 2.05) is 24.3 Å². The van der Waals surface area contributed by atoms with Crippen molar-refractivity contribution in [3.63, 3.8) is 0 Å². The first-order valence-corrected chi connectivity index (χ1v) is 22.3. The van der Waals surface area contributed by atoms with Gasteiger partial charge in [-0.15, -0.1) is 0 Å². The molecule has 0 atom stereocenters. The van der Waals surface area contributed by atoms with Gasteiger partial charge in [0.25, 0.3) is 0 Å². The normalized spacial score (nSPS) is 10.8. The minimum absolute atomic E-state index is 0.659. The van der Waals surface area contributed by atoms with Gasteiger partial charge in [0, 0.05) is 23.3 Å². The van der Waals surface area contributed by atoms with Gasteiger partial charge in [-0.25, -0.2) is 0 Å². The Balaban J connectivity index is 2.38. The fraction of sp³-hybridized carbons (Fsp3) is 0.640. The molecule has 0 saturated carbocycles. The SMILES string of the molecule is C=Cc1cc(OCCCCCCCC)c(C#Cc2cc(OCCCCCCCC)c(C=C)cc2OCCCCCCCC)cc1OCCCCCCCC. The van der Waals surface area contributed by atoms with Crippen molar-refractivity contribution in [1.29, 1.82) is 0 Å². The second-order valence-electron chi connectivity index (χ2n) is 14.9. The number of ether oxygens (including phenoxy) is 4. The van der Waals surface area contributed by atoms with Crippen LogP contribution in [0.15, 0.2) is 37.4 Å². The number of benzene rings is 2. The molecule has 0 spiro atoms. The van der Waals surface area contributed by atoms with Crippen LogP contribution < -0.4 is 18.9 Å². The van der Waals surface area contributed by atoms with E-state index < -0.39 is 0 Å². The summed E-state index contributed by atoms with van der Waals surface area (Å²) >= 11 is 0. The molecule has 0 unspecified atom stereocenters. The van der Waals surface area contributed by atoms with Gasteiger partial charge in [0.1, 0.15) is 23.0 Å². The van der Waals surface area contributed by atoms with E-state index in [9.17, 15) is 0 Å². The maximum Gasteiger partial charge on any atom is 0.135 e. The minimum atomic E-state index is 0.659. The fourth-order valence-corrected chi connectivity index (χ4v) is 6.55. The van der Waals surface area contributed by atoms with Crippen LogP contribution in [0.3, 0.4) is 0 Å². The highest BCUT2D eigenvalue weighted by Gasteiger charge is 2.13. The Morgan fingerprint density at radius 1 is 0.370 bits per heavy atom. The van der Waals surface area contributed by atoms with Gasteiger partial charge in [0.05, 0.1) is 37.6 Å². The van der Waals surface area contributed by atoms with E-state index in [-0.39, 0.29) is 0 Å². The highest BCUT2D eigenvalue weighted by molar-refractivity contribution is 5.66. The van der Waals surface area contributed by atoms with Gasteiger partial charge in [-0.05, 0) is 37.8 Å². The van der Waals surface area contributed by atoms with Crippen molar-refractivity contribution in [2.75, 3.05) is 26.4 Å². The maximum absolute atomic E-state index is 6.45. The Labute approximate surface area is 332 Å². The third-order valence-corrected chi connectivity index (χ3v) is 10.0. The lowest BCUT2D eigenvalue weighted by Gasteiger charge is -2.15. The first-order chi connectivity index (χ1) is 26.6. The van der Waals surface area contributed by atoms with Crippen molar-refractivity contribution in [3.8, 4) is 34.8 Å². The molecule has 0 aliphatic carbocycles. The summed E-state index contributed by atoms with van der Waals surface area (Å²) in [5.41, 5.74) is 3.50. The lowest BCUT2D eigenvalue weighted by atomic mass is 10.1. The topological polar surface area (TPSA) is 36.9 Å². The number of rotatable bonds is 34. The molecule has 0 heterocycles. The summed E-state index contributed by atoms with van der Waals surface area (Å²) in [4.78, 5) is 0. The van der Waals surface area contributed by atoms with Crippen LogP contribution in [0.1, 0.15) is 204 Å². The summed E-state index contributed by atoms with van der Waals surface area (Å²) in [6, 6.07) is 8.19. The van der Waals surface area contributed by atoms with Gasteiger partial charge in [0.2, 0.25) is 0 Å². The Kier molecular flexibility index (Phi) is 27.7. The second kappa shape index (κ2) is 32.0. The molecule has 2 aromatic rings. The highest BCUT2D eigenvalue weighted by atomic mass is 16.5. The van der Waals surface area contributed by atoms with Gasteiger partial charge in [-0.3, -0.25) is 0 Å². The average molecular weight is 743 g/mol. The van der Waals surface area contributed by atoms with Crippen LogP contribution in [0.25, 0.3) is 12.2 Å². The standard InChI is InChI=1S/C50H78O4/c1-7-13-17-21-25-29-35-51-47-41-45(49(39-43(47)11-5)53-37-31-27-23-19-15-9-3)33-34-46-42-48(52-36-30-26-22-18-14-8-2)44(12-6)40-50(46)54-38-32-28-24-20-16-10-4/h11-12,39-42H,5-10,13-32,35-38H2,1-4H3. The van der Waals surface area contributed by atoms with Crippen molar-refractivity contribution in [2.45, 2.75) is 182 Å². The number of hydrogen-bond acceptors (Lipinski definition) is 4. The lowest BCUT2D eigenvalue weighted by molar-refractivity contribution is 0.295. The van der Waals surface area contributed by atoms with Crippen LogP contribution in [-0.2, 0) is 0 Å². The molecule has 0 saturated heterocycles. The molecule has 302 valence electrons. The third-order valence-electron chi connectivity index (χ3n) is 10.0. The summed E-state index contributed by atoms with van der Waals surface area (Å²) < 4.78 is 25.6. The molecule has 54 heavy (non-hydrogen) atoms. The average Bonchev–Trinajstić information content (AvgIpc) is 3.19. The molecule has 0 bridgehead atoms. The smallest absolute Gasteiger partial charge is 0.135 e. The zero-order chi connectivity index (χ0) is 38.9. The molecule has 0 amide bonds. The molecule has 4 nitrogen and oxygen atoms in total. The second-order valence-corrected chi connectivity index (χ2v) is 14.9. The Hall–Kier alpha value is -3.32. The summed E-state index contributed by atoms with van der Waals surface area (Å²) in [5, 5.41) is 0. The fourth-order valence-electron chi connectivity index (χ4n) is 6.55. The van der Waals surface area contributed by atoms with Gasteiger partial charge in [-0.1, -0.05) is 193 Å². The molecule has 0 aromatic heterocycles. The molecular formula is C50H78O4. The molecule has 4 heteroatoms. The first kappa shape index (κ1) is 46.8. The minimum Gasteiger partial charge on any atom is -0.493 e. The van der Waals surface area contributed by atoms with E-state index in [0.29, 0.717) is 26.4 Å². The summed E-state index contributed by atoms with van der Waals surface area (Å²) in [7, 11) is 0. The van der Waals surface area contributed by atoms with Gasteiger partial charge in [-0.2, -0.15) is 0 Å². The lowest BCUT2D eigenvalue weighted by Crippen LogP contribution is -2.04. The van der Waals surface area contributed by atoms with Crippen LogP contribution in [0.5, 0.6) is 23.0 Å². The molecule has 0 aliphatic heterocycles. The predicted octanol–water partition coefficient (Wildman–Crippen LogP) is 15.3. The van der Waals surface area contributed by atoms with E-state index in [1.165, 1.54) is 128 Å². The Morgan fingerprint density at radius 2 is 0.630 bits per heavy atom. The van der Waals surface area contributed by atoms with Crippen molar-refractivity contribution in [2.24, 2.45) is 0 Å². The number of unbranched alkanes of at least 4 members (excludes halogenated alkanes) is 20. The maximum atomic E-state index is 6.45. The van der Waals surface area contributed by atoms with Crippen LogP contribution in [0, 0.1) is 11.8 Å². The molecular weight excluding hydrogens is 665 g/mol. The summed E-state index contributed by atoms with van der Waals surface area (Å²) in [6.45, 7) is 19.9. The van der Waals surface area contributed by atoms with Crippen LogP contribution in [0.2, 0.25) is 0 Å². The van der Waals surface area contributed by atoms with Gasteiger partial charge in [0.15, 0.2) is 0 Å². The monoisotopic (exact) mass is 743 g/mol. The van der Waals surface area contributed by atoms with E-state index in [1.54, 1.807) is 0 Å². The molecule has 2 rings (SSSR count). The zero-order valence-electron chi connectivity index (χ0n) is 35.3. The molecule has 0 N–H and O–H groups in total. The van der Waals surface area contributed by atoms with Crippen molar-refractivity contribution in [1.82, 2.24) is 0 Å². The summed E-state index contributed by atoms with van der Waals surface area (Å²) in [6.07, 6.45) is 33.0. The van der Waals surface area contributed by atoms with Crippen molar-refractivity contribution in [3.05, 3.63) is 59.7 Å². The number of hydrogen-bond donors (Lipinski definition) is 0. The summed E-state index contributed by atoms with van der Waals surface area (Å²) in [5.74, 6) is 10.1. The highest BCUT2D eigenvalue weighted by Crippen LogP contribution is 2.33. The largest absolute Gasteiger partial charge is 0.493 e. The molecule has 2 aromatic carbocycles. The van der Waals surface area contributed by atoms with E-state index in [2.05, 4.69) is 64.8 Å². The van der Waals surface area contributed by atoms with E-state index in [0.717, 1.165) is 70.9 Å². The van der Waals surface area contributed by atoms with E-state index in [4.69, 9.17) is 18.9 Å². The zero-order valence-corrected chi connectivity index (χ0v) is 35.3. The molecule has 0 aliphatic rings. The van der Waals surface area contributed by atoms with Crippen LogP contribution >= 0.6 is 0 Å². The van der Waals surface area contributed by atoms with Crippen LogP contribution in [-0.4, -0.2) is 26.4 Å². The quantitative estimate of drug-likeness (QED) is 0.0528. The Morgan fingerprint density at radius 3 is 0.907 bits per heavy atom.